The number of aromatic nitrogens is 2. The molecule has 2 aromatic rings. The fourth-order valence-electron chi connectivity index (χ4n) is 1.47. The predicted octanol–water partition coefficient (Wildman–Crippen LogP) is 1.39. The highest BCUT2D eigenvalue weighted by molar-refractivity contribution is 5.90. The molecule has 0 amide bonds. The van der Waals surface area contributed by atoms with Crippen molar-refractivity contribution in [2.45, 2.75) is 0 Å². The van der Waals surface area contributed by atoms with Gasteiger partial charge in [-0.3, -0.25) is 9.48 Å². The van der Waals surface area contributed by atoms with Crippen LogP contribution in [0.5, 0.6) is 5.75 Å². The molecule has 0 aliphatic heterocycles. The summed E-state index contributed by atoms with van der Waals surface area (Å²) in [5, 5.41) is 5.15. The highest BCUT2D eigenvalue weighted by Crippen LogP contribution is 2.25. The van der Waals surface area contributed by atoms with E-state index >= 15 is 0 Å². The van der Waals surface area contributed by atoms with Crippen molar-refractivity contribution in [3.05, 3.63) is 23.9 Å². The van der Waals surface area contributed by atoms with Gasteiger partial charge in [0.15, 0.2) is 0 Å². The van der Waals surface area contributed by atoms with Crippen LogP contribution < -0.4 is 4.74 Å². The Hall–Kier alpha value is -1.84. The number of aldehydes is 1. The molecule has 0 saturated heterocycles. The monoisotopic (exact) mass is 190 g/mol. The van der Waals surface area contributed by atoms with Gasteiger partial charge in [0.25, 0.3) is 0 Å². The van der Waals surface area contributed by atoms with Crippen LogP contribution in [0.3, 0.4) is 0 Å². The quantitative estimate of drug-likeness (QED) is 0.672. The van der Waals surface area contributed by atoms with E-state index in [4.69, 9.17) is 4.74 Å². The minimum atomic E-state index is 0.599. The van der Waals surface area contributed by atoms with Crippen molar-refractivity contribution in [1.82, 2.24) is 9.78 Å². The van der Waals surface area contributed by atoms with Crippen molar-refractivity contribution in [1.29, 1.82) is 0 Å². The number of carbonyl (C=O) groups excluding carboxylic acids is 1. The fourth-order valence-corrected chi connectivity index (χ4v) is 1.47. The molecule has 0 aliphatic rings. The van der Waals surface area contributed by atoms with E-state index in [1.165, 1.54) is 0 Å². The van der Waals surface area contributed by atoms with Crippen LogP contribution in [-0.2, 0) is 7.05 Å². The second kappa shape index (κ2) is 3.14. The van der Waals surface area contributed by atoms with Gasteiger partial charge in [-0.25, -0.2) is 0 Å². The molecule has 0 unspecified atom stereocenters. The summed E-state index contributed by atoms with van der Waals surface area (Å²) in [4.78, 5) is 10.6. The predicted molar refractivity (Wildman–Crippen MR) is 52.7 cm³/mol. The maximum atomic E-state index is 10.6. The van der Waals surface area contributed by atoms with Crippen LogP contribution in [0.25, 0.3) is 10.9 Å². The van der Waals surface area contributed by atoms with Crippen LogP contribution in [0.2, 0.25) is 0 Å². The number of fused-ring (bicyclic) bond motifs is 1. The van der Waals surface area contributed by atoms with E-state index in [1.54, 1.807) is 23.9 Å². The minimum Gasteiger partial charge on any atom is -0.494 e. The van der Waals surface area contributed by atoms with E-state index in [2.05, 4.69) is 5.10 Å². The molecule has 0 N–H and O–H groups in total. The molecule has 0 aliphatic carbocycles. The maximum absolute atomic E-state index is 10.6. The van der Waals surface area contributed by atoms with Gasteiger partial charge >= 0.3 is 0 Å². The van der Waals surface area contributed by atoms with Crippen molar-refractivity contribution in [2.75, 3.05) is 7.11 Å². The fraction of sp³-hybridized carbons (Fsp3) is 0.200. The second-order valence-corrected chi connectivity index (χ2v) is 3.08. The Kier molecular flexibility index (Phi) is 1.96. The molecule has 14 heavy (non-hydrogen) atoms. The summed E-state index contributed by atoms with van der Waals surface area (Å²) in [6, 6.07) is 3.47. The Labute approximate surface area is 81.1 Å². The number of nitrogens with zero attached hydrogens (tertiary/aromatic N) is 2. The number of carbonyl (C=O) groups is 1. The normalized spacial score (nSPS) is 10.4. The van der Waals surface area contributed by atoms with Gasteiger partial charge in [-0.15, -0.1) is 0 Å². The molecular formula is C10H10N2O2. The lowest BCUT2D eigenvalue weighted by Crippen LogP contribution is -1.89. The first-order valence-corrected chi connectivity index (χ1v) is 4.21. The summed E-state index contributed by atoms with van der Waals surface area (Å²) in [6.07, 6.45) is 2.65. The van der Waals surface area contributed by atoms with Crippen LogP contribution in [0.4, 0.5) is 0 Å². The first-order valence-electron chi connectivity index (χ1n) is 4.21. The van der Waals surface area contributed by atoms with Crippen LogP contribution >= 0.6 is 0 Å². The summed E-state index contributed by atoms with van der Waals surface area (Å²) in [5.41, 5.74) is 1.38. The van der Waals surface area contributed by atoms with Crippen molar-refractivity contribution >= 4 is 17.2 Å². The molecule has 4 nitrogen and oxygen atoms in total. The zero-order chi connectivity index (χ0) is 10.1. The molecule has 0 fully saturated rings. The summed E-state index contributed by atoms with van der Waals surface area (Å²) in [5.74, 6) is 0.630. The van der Waals surface area contributed by atoms with E-state index < -0.39 is 0 Å². The van der Waals surface area contributed by atoms with Crippen molar-refractivity contribution in [2.24, 2.45) is 7.05 Å². The first-order chi connectivity index (χ1) is 6.74. The van der Waals surface area contributed by atoms with Gasteiger partial charge in [-0.1, -0.05) is 0 Å². The first kappa shape index (κ1) is 8.74. The average molecular weight is 190 g/mol. The topological polar surface area (TPSA) is 44.1 Å². The lowest BCUT2D eigenvalue weighted by Gasteiger charge is -2.00. The zero-order valence-corrected chi connectivity index (χ0v) is 8.02. The molecule has 0 bridgehead atoms. The molecule has 1 heterocycles. The third kappa shape index (κ3) is 1.25. The van der Waals surface area contributed by atoms with Crippen molar-refractivity contribution < 1.29 is 9.53 Å². The van der Waals surface area contributed by atoms with Gasteiger partial charge in [0.2, 0.25) is 0 Å². The number of methoxy groups -OCH3 is 1. The van der Waals surface area contributed by atoms with E-state index in [1.807, 2.05) is 13.2 Å². The Bertz CT molecular complexity index is 488. The number of benzene rings is 1. The van der Waals surface area contributed by atoms with Crippen LogP contribution in [0.15, 0.2) is 18.3 Å². The van der Waals surface area contributed by atoms with E-state index in [9.17, 15) is 4.79 Å². The number of rotatable bonds is 2. The maximum Gasteiger partial charge on any atom is 0.150 e. The van der Waals surface area contributed by atoms with Gasteiger partial charge in [0.1, 0.15) is 17.6 Å². The standard InChI is InChI=1S/C10H10N2O2/c1-12-5-8-3-7(6-13)4-9(14-2)10(8)11-12/h3-6H,1-2H3. The van der Waals surface area contributed by atoms with Crippen LogP contribution in [0.1, 0.15) is 10.4 Å². The highest BCUT2D eigenvalue weighted by Gasteiger charge is 2.07. The Morgan fingerprint density at radius 3 is 2.93 bits per heavy atom. The zero-order valence-electron chi connectivity index (χ0n) is 8.02. The Morgan fingerprint density at radius 1 is 1.50 bits per heavy atom. The summed E-state index contributed by atoms with van der Waals surface area (Å²) >= 11 is 0. The van der Waals surface area contributed by atoms with Crippen molar-refractivity contribution in [3.63, 3.8) is 0 Å². The minimum absolute atomic E-state index is 0.599. The summed E-state index contributed by atoms with van der Waals surface area (Å²) in [6.45, 7) is 0. The SMILES string of the molecule is COc1cc(C=O)cc2cn(C)nc12. The van der Waals surface area contributed by atoms with E-state index in [0.29, 0.717) is 11.3 Å². The average Bonchev–Trinajstić information content (AvgIpc) is 2.56. The summed E-state index contributed by atoms with van der Waals surface area (Å²) in [7, 11) is 3.40. The largest absolute Gasteiger partial charge is 0.494 e. The molecule has 4 heteroatoms. The molecule has 0 spiro atoms. The van der Waals surface area contributed by atoms with Gasteiger partial charge in [-0.05, 0) is 12.1 Å². The number of hydrogen-bond donors (Lipinski definition) is 0. The molecular weight excluding hydrogens is 180 g/mol. The van der Waals surface area contributed by atoms with Gasteiger partial charge in [-0.2, -0.15) is 5.10 Å². The molecule has 1 aromatic carbocycles. The molecule has 72 valence electrons. The molecule has 1 aromatic heterocycles. The molecule has 0 radical (unpaired) electrons. The van der Waals surface area contributed by atoms with E-state index in [-0.39, 0.29) is 0 Å². The van der Waals surface area contributed by atoms with Gasteiger partial charge in [0, 0.05) is 24.2 Å². The van der Waals surface area contributed by atoms with Gasteiger partial charge in [0.05, 0.1) is 7.11 Å². The molecule has 0 saturated carbocycles. The number of aryl methyl sites for hydroxylation is 1. The lowest BCUT2D eigenvalue weighted by molar-refractivity contribution is 0.112. The third-order valence-electron chi connectivity index (χ3n) is 2.07. The Balaban J connectivity index is 2.78. The number of hydrogen-bond acceptors (Lipinski definition) is 3. The van der Waals surface area contributed by atoms with Crippen LogP contribution in [0, 0.1) is 0 Å². The highest BCUT2D eigenvalue weighted by atomic mass is 16.5. The smallest absolute Gasteiger partial charge is 0.150 e. The molecule has 2 rings (SSSR count). The molecule has 0 atom stereocenters. The Morgan fingerprint density at radius 2 is 2.29 bits per heavy atom. The second-order valence-electron chi connectivity index (χ2n) is 3.08. The van der Waals surface area contributed by atoms with Gasteiger partial charge < -0.3 is 4.74 Å². The van der Waals surface area contributed by atoms with Crippen LogP contribution in [-0.4, -0.2) is 23.2 Å². The number of ether oxygens (including phenoxy) is 1. The summed E-state index contributed by atoms with van der Waals surface area (Å²) < 4.78 is 6.84. The lowest BCUT2D eigenvalue weighted by atomic mass is 10.1. The van der Waals surface area contributed by atoms with Crippen molar-refractivity contribution in [3.8, 4) is 5.75 Å². The van der Waals surface area contributed by atoms with E-state index in [0.717, 1.165) is 17.2 Å². The third-order valence-corrected chi connectivity index (χ3v) is 2.07.